The van der Waals surface area contributed by atoms with Gasteiger partial charge < -0.3 is 14.6 Å². The number of benzene rings is 1. The van der Waals surface area contributed by atoms with E-state index < -0.39 is 0 Å². The van der Waals surface area contributed by atoms with Gasteiger partial charge in [-0.3, -0.25) is 0 Å². The highest BCUT2D eigenvalue weighted by Crippen LogP contribution is 2.21. The molecule has 0 bridgehead atoms. The first-order valence-corrected chi connectivity index (χ1v) is 6.73. The number of imidazole rings is 1. The zero-order valence-electron chi connectivity index (χ0n) is 11.8. The Morgan fingerprint density at radius 1 is 1.45 bits per heavy atom. The number of nitrogens with zero attached hydrogens (tertiary/aromatic N) is 2. The van der Waals surface area contributed by atoms with Gasteiger partial charge in [0.25, 0.3) is 0 Å². The summed E-state index contributed by atoms with van der Waals surface area (Å²) in [6, 6.07) is 5.18. The van der Waals surface area contributed by atoms with E-state index in [2.05, 4.69) is 10.3 Å². The average molecular weight is 277 g/mol. The molecule has 0 aliphatic rings. The van der Waals surface area contributed by atoms with E-state index in [-0.39, 0.29) is 17.6 Å². The number of halogens is 1. The van der Waals surface area contributed by atoms with Gasteiger partial charge in [0, 0.05) is 25.0 Å². The van der Waals surface area contributed by atoms with Crippen molar-refractivity contribution in [2.24, 2.45) is 0 Å². The predicted octanol–water partition coefficient (Wildman–Crippen LogP) is 2.77. The third-order valence-electron chi connectivity index (χ3n) is 3.28. The number of aromatic nitrogens is 2. The number of hydrogen-bond donors (Lipinski definition) is 1. The number of ether oxygens (including phenoxy) is 1. The van der Waals surface area contributed by atoms with Crippen molar-refractivity contribution in [3.8, 4) is 5.75 Å². The fourth-order valence-corrected chi connectivity index (χ4v) is 2.07. The van der Waals surface area contributed by atoms with Gasteiger partial charge in [-0.15, -0.1) is 0 Å². The molecule has 2 aromatic rings. The van der Waals surface area contributed by atoms with E-state index in [4.69, 9.17) is 4.74 Å². The molecule has 4 nitrogen and oxygen atoms in total. The molecule has 0 saturated heterocycles. The van der Waals surface area contributed by atoms with E-state index in [1.807, 2.05) is 30.1 Å². The largest absolute Gasteiger partial charge is 0.494 e. The minimum absolute atomic E-state index is 0.109. The summed E-state index contributed by atoms with van der Waals surface area (Å²) in [6.45, 7) is 3.82. The standard InChI is InChI=1S/C15H20FN3O/c1-12(13-4-5-15(20-2)14(16)10-13)18-6-3-8-19-9-7-17-11-19/h4-5,7,9-12,18H,3,6,8H2,1-2H3. The van der Waals surface area contributed by atoms with Crippen LogP contribution in [0.4, 0.5) is 4.39 Å². The second kappa shape index (κ2) is 7.05. The van der Waals surface area contributed by atoms with Gasteiger partial charge in [-0.05, 0) is 37.6 Å². The second-order valence-corrected chi connectivity index (χ2v) is 4.72. The van der Waals surface area contributed by atoms with Crippen LogP contribution in [0.15, 0.2) is 36.9 Å². The first-order valence-electron chi connectivity index (χ1n) is 6.73. The fourth-order valence-electron chi connectivity index (χ4n) is 2.07. The molecule has 0 spiro atoms. The Kier molecular flexibility index (Phi) is 5.12. The van der Waals surface area contributed by atoms with Gasteiger partial charge in [-0.2, -0.15) is 0 Å². The topological polar surface area (TPSA) is 39.1 Å². The van der Waals surface area contributed by atoms with Crippen LogP contribution in [0.25, 0.3) is 0 Å². The Labute approximate surface area is 118 Å². The highest BCUT2D eigenvalue weighted by Gasteiger charge is 2.08. The van der Waals surface area contributed by atoms with E-state index in [0.717, 1.165) is 25.1 Å². The summed E-state index contributed by atoms with van der Waals surface area (Å²) in [6.07, 6.45) is 6.53. The molecule has 1 aromatic heterocycles. The number of methoxy groups -OCH3 is 1. The van der Waals surface area contributed by atoms with Crippen molar-refractivity contribution in [2.75, 3.05) is 13.7 Å². The van der Waals surface area contributed by atoms with Crippen LogP contribution in [0.3, 0.4) is 0 Å². The van der Waals surface area contributed by atoms with E-state index in [1.54, 1.807) is 12.3 Å². The first-order chi connectivity index (χ1) is 9.70. The molecule has 20 heavy (non-hydrogen) atoms. The van der Waals surface area contributed by atoms with Crippen molar-refractivity contribution in [2.45, 2.75) is 25.9 Å². The molecule has 5 heteroatoms. The normalized spacial score (nSPS) is 12.3. The molecule has 1 N–H and O–H groups in total. The zero-order valence-corrected chi connectivity index (χ0v) is 11.8. The molecule has 1 atom stereocenters. The highest BCUT2D eigenvalue weighted by atomic mass is 19.1. The Morgan fingerprint density at radius 3 is 2.95 bits per heavy atom. The Hall–Kier alpha value is -1.88. The molecule has 0 aliphatic heterocycles. The van der Waals surface area contributed by atoms with Gasteiger partial charge in [-0.1, -0.05) is 6.07 Å². The first kappa shape index (κ1) is 14.5. The van der Waals surface area contributed by atoms with Crippen molar-refractivity contribution >= 4 is 0 Å². The minimum atomic E-state index is -0.322. The van der Waals surface area contributed by atoms with Crippen LogP contribution in [-0.2, 0) is 6.54 Å². The highest BCUT2D eigenvalue weighted by molar-refractivity contribution is 5.30. The van der Waals surface area contributed by atoms with Gasteiger partial charge in [0.2, 0.25) is 0 Å². The van der Waals surface area contributed by atoms with Gasteiger partial charge in [0.05, 0.1) is 13.4 Å². The summed E-state index contributed by atoms with van der Waals surface area (Å²) < 4.78 is 20.6. The number of rotatable bonds is 7. The van der Waals surface area contributed by atoms with Crippen LogP contribution < -0.4 is 10.1 Å². The molecular formula is C15H20FN3O. The molecule has 0 saturated carbocycles. The van der Waals surface area contributed by atoms with Gasteiger partial charge in [0.15, 0.2) is 11.6 Å². The lowest BCUT2D eigenvalue weighted by atomic mass is 10.1. The quantitative estimate of drug-likeness (QED) is 0.791. The van der Waals surface area contributed by atoms with Crippen LogP contribution >= 0.6 is 0 Å². The lowest BCUT2D eigenvalue weighted by Gasteiger charge is -2.15. The summed E-state index contributed by atoms with van der Waals surface area (Å²) in [7, 11) is 1.47. The third kappa shape index (κ3) is 3.81. The van der Waals surface area contributed by atoms with Crippen molar-refractivity contribution in [1.29, 1.82) is 0 Å². The molecule has 0 fully saturated rings. The van der Waals surface area contributed by atoms with Crippen molar-refractivity contribution in [3.05, 3.63) is 48.3 Å². The molecule has 108 valence electrons. The maximum atomic E-state index is 13.6. The van der Waals surface area contributed by atoms with Crippen LogP contribution in [0.2, 0.25) is 0 Å². The maximum Gasteiger partial charge on any atom is 0.165 e. The molecule has 0 radical (unpaired) electrons. The van der Waals surface area contributed by atoms with Crippen molar-refractivity contribution < 1.29 is 9.13 Å². The Morgan fingerprint density at radius 2 is 2.30 bits per heavy atom. The number of hydrogen-bond acceptors (Lipinski definition) is 3. The number of nitrogens with one attached hydrogen (secondary N) is 1. The minimum Gasteiger partial charge on any atom is -0.494 e. The fraction of sp³-hybridized carbons (Fsp3) is 0.400. The zero-order chi connectivity index (χ0) is 14.4. The monoisotopic (exact) mass is 277 g/mol. The lowest BCUT2D eigenvalue weighted by molar-refractivity contribution is 0.385. The predicted molar refractivity (Wildman–Crippen MR) is 76.2 cm³/mol. The molecular weight excluding hydrogens is 257 g/mol. The summed E-state index contributed by atoms with van der Waals surface area (Å²) in [5.41, 5.74) is 0.922. The van der Waals surface area contributed by atoms with Crippen LogP contribution in [0, 0.1) is 5.82 Å². The van der Waals surface area contributed by atoms with Gasteiger partial charge in [-0.25, -0.2) is 9.37 Å². The molecule has 1 aromatic carbocycles. The van der Waals surface area contributed by atoms with Crippen LogP contribution in [-0.4, -0.2) is 23.2 Å². The second-order valence-electron chi connectivity index (χ2n) is 4.72. The molecule has 1 heterocycles. The van der Waals surface area contributed by atoms with E-state index in [1.165, 1.54) is 13.2 Å². The van der Waals surface area contributed by atoms with Gasteiger partial charge in [0.1, 0.15) is 0 Å². The van der Waals surface area contributed by atoms with Crippen LogP contribution in [0.5, 0.6) is 5.75 Å². The average Bonchev–Trinajstić information content (AvgIpc) is 2.96. The lowest BCUT2D eigenvalue weighted by Crippen LogP contribution is -2.21. The molecule has 1 unspecified atom stereocenters. The van der Waals surface area contributed by atoms with E-state index in [9.17, 15) is 4.39 Å². The summed E-state index contributed by atoms with van der Waals surface area (Å²) in [5.74, 6) is -0.0434. The molecule has 0 aliphatic carbocycles. The van der Waals surface area contributed by atoms with Crippen LogP contribution in [0.1, 0.15) is 24.9 Å². The SMILES string of the molecule is COc1ccc(C(C)NCCCn2ccnc2)cc1F. The third-order valence-corrected chi connectivity index (χ3v) is 3.28. The Bertz CT molecular complexity index is 528. The molecule has 0 amide bonds. The van der Waals surface area contributed by atoms with Crippen molar-refractivity contribution in [3.63, 3.8) is 0 Å². The summed E-state index contributed by atoms with van der Waals surface area (Å²) >= 11 is 0. The summed E-state index contributed by atoms with van der Waals surface area (Å²) in [4.78, 5) is 4.00. The number of aryl methyl sites for hydroxylation is 1. The molecule has 2 rings (SSSR count). The summed E-state index contributed by atoms with van der Waals surface area (Å²) in [5, 5.41) is 3.38. The van der Waals surface area contributed by atoms with Gasteiger partial charge >= 0.3 is 0 Å². The smallest absolute Gasteiger partial charge is 0.165 e. The Balaban J connectivity index is 1.79. The van der Waals surface area contributed by atoms with E-state index >= 15 is 0 Å². The van der Waals surface area contributed by atoms with E-state index in [0.29, 0.717) is 0 Å². The van der Waals surface area contributed by atoms with Crippen molar-refractivity contribution in [1.82, 2.24) is 14.9 Å². The maximum absolute atomic E-state index is 13.6.